The molecule has 278 valence electrons. The third-order valence-electron chi connectivity index (χ3n) is 8.71. The zero-order valence-electron chi connectivity index (χ0n) is 29.1. The van der Waals surface area contributed by atoms with Crippen LogP contribution < -0.4 is 15.4 Å². The van der Waals surface area contributed by atoms with Gasteiger partial charge in [0.2, 0.25) is 0 Å². The third kappa shape index (κ3) is 11.7. The number of likely N-dealkylation sites (N-methyl/N-ethyl adjacent to an activating group) is 1. The van der Waals surface area contributed by atoms with Gasteiger partial charge in [0.05, 0.1) is 46.0 Å². The maximum absolute atomic E-state index is 14.4. The highest BCUT2D eigenvalue weighted by molar-refractivity contribution is 6.42. The summed E-state index contributed by atoms with van der Waals surface area (Å²) in [6.07, 6.45) is -2.64. The second kappa shape index (κ2) is 18.3. The lowest BCUT2D eigenvalue weighted by Gasteiger charge is -2.36. The molecule has 4 rings (SSSR count). The summed E-state index contributed by atoms with van der Waals surface area (Å²) in [7, 11) is 1.99. The van der Waals surface area contributed by atoms with Crippen LogP contribution in [-0.4, -0.2) is 78.4 Å². The predicted octanol–water partition coefficient (Wildman–Crippen LogP) is 8.58. The van der Waals surface area contributed by atoms with Crippen LogP contribution in [0.2, 0.25) is 10.0 Å². The number of rotatable bonds is 8. The Morgan fingerprint density at radius 1 is 1.02 bits per heavy atom. The molecule has 4 atom stereocenters. The Hall–Kier alpha value is -3.55. The van der Waals surface area contributed by atoms with Gasteiger partial charge in [-0.2, -0.15) is 13.2 Å². The molecular weight excluding hydrogens is 708 g/mol. The van der Waals surface area contributed by atoms with Gasteiger partial charge in [0.1, 0.15) is 5.75 Å². The van der Waals surface area contributed by atoms with Crippen LogP contribution in [0, 0.1) is 5.92 Å². The molecule has 14 heteroatoms. The molecule has 0 bridgehead atoms. The van der Waals surface area contributed by atoms with Crippen molar-refractivity contribution in [3.63, 3.8) is 0 Å². The Morgan fingerprint density at radius 2 is 1.71 bits per heavy atom. The maximum Gasteiger partial charge on any atom is 0.416 e. The Balaban J connectivity index is 1.57. The van der Waals surface area contributed by atoms with E-state index >= 15 is 0 Å². The first-order valence-corrected chi connectivity index (χ1v) is 17.6. The number of carbonyl (C=O) groups excluding carboxylic acids is 2. The van der Waals surface area contributed by atoms with Crippen LogP contribution in [0.25, 0.3) is 0 Å². The van der Waals surface area contributed by atoms with Gasteiger partial charge in [-0.25, -0.2) is 4.79 Å². The van der Waals surface area contributed by atoms with Crippen molar-refractivity contribution in [2.45, 2.75) is 71.0 Å². The van der Waals surface area contributed by atoms with Gasteiger partial charge in [-0.05, 0) is 100 Å². The zero-order valence-corrected chi connectivity index (χ0v) is 30.6. The molecule has 0 saturated carbocycles. The van der Waals surface area contributed by atoms with Crippen LogP contribution >= 0.6 is 23.2 Å². The van der Waals surface area contributed by atoms with Gasteiger partial charge in [0, 0.05) is 43.5 Å². The molecule has 51 heavy (non-hydrogen) atoms. The van der Waals surface area contributed by atoms with Crippen LogP contribution in [0.3, 0.4) is 0 Å². The Labute approximate surface area is 307 Å². The number of nitrogens with one attached hydrogen (secondary N) is 2. The predicted molar refractivity (Wildman–Crippen MR) is 194 cm³/mol. The Morgan fingerprint density at radius 3 is 2.37 bits per heavy atom. The van der Waals surface area contributed by atoms with Gasteiger partial charge in [-0.3, -0.25) is 9.69 Å². The van der Waals surface area contributed by atoms with Crippen LogP contribution in [0.5, 0.6) is 5.75 Å². The molecule has 0 saturated heterocycles. The summed E-state index contributed by atoms with van der Waals surface area (Å²) >= 11 is 12.4. The number of aliphatic hydroxyl groups excluding tert-OH is 1. The Bertz CT molecular complexity index is 1630. The number of anilines is 2. The number of fused-ring (bicyclic) bond motifs is 1. The molecule has 3 aromatic carbocycles. The van der Waals surface area contributed by atoms with Gasteiger partial charge in [-0.15, -0.1) is 0 Å². The second-order valence-corrected chi connectivity index (χ2v) is 13.9. The highest BCUT2D eigenvalue weighted by Gasteiger charge is 2.31. The number of amides is 3. The molecule has 1 heterocycles. The smallest absolute Gasteiger partial charge is 0.416 e. The highest BCUT2D eigenvalue weighted by atomic mass is 35.5. The standard InChI is InChI=1S/C37H45Cl2F3N4O5/c1-23-19-46(24(2)22-47)35(48)30-18-29(44-36(49)43-28-11-9-27(10-12-28)37(40,41)42)13-15-33(30)51-25(3)7-5-6-16-50-34(23)21-45(4)20-26-8-14-31(38)32(39)17-26/h8-15,17-18,23-25,34,47H,5-7,16,19-22H2,1-4H3,(H2,43,44,49)/t23-,24-,25+,34-/m1/s1. The molecule has 3 amide bonds. The van der Waals surface area contributed by atoms with Crippen molar-refractivity contribution < 1.29 is 37.3 Å². The first-order valence-electron chi connectivity index (χ1n) is 16.9. The largest absolute Gasteiger partial charge is 0.490 e. The van der Waals surface area contributed by atoms with Crippen molar-refractivity contribution in [3.05, 3.63) is 87.4 Å². The number of hydrogen-bond acceptors (Lipinski definition) is 6. The van der Waals surface area contributed by atoms with E-state index in [0.717, 1.165) is 42.7 Å². The lowest BCUT2D eigenvalue weighted by Crippen LogP contribution is -2.47. The van der Waals surface area contributed by atoms with E-state index in [-0.39, 0.29) is 48.2 Å². The fraction of sp³-hybridized carbons (Fsp3) is 0.459. The second-order valence-electron chi connectivity index (χ2n) is 13.1. The number of hydrogen-bond donors (Lipinski definition) is 3. The fourth-order valence-electron chi connectivity index (χ4n) is 5.82. The average Bonchev–Trinajstić information content (AvgIpc) is 3.07. The monoisotopic (exact) mass is 752 g/mol. The molecule has 9 nitrogen and oxygen atoms in total. The molecule has 3 aromatic rings. The van der Waals surface area contributed by atoms with E-state index in [1.165, 1.54) is 6.07 Å². The number of carbonyl (C=O) groups is 2. The first kappa shape index (κ1) is 40.2. The van der Waals surface area contributed by atoms with E-state index in [4.69, 9.17) is 32.7 Å². The molecule has 0 radical (unpaired) electrons. The maximum atomic E-state index is 14.4. The average molecular weight is 754 g/mol. The molecule has 1 aliphatic heterocycles. The van der Waals surface area contributed by atoms with Crippen molar-refractivity contribution in [2.75, 3.05) is 44.0 Å². The quantitative estimate of drug-likeness (QED) is 0.213. The summed E-state index contributed by atoms with van der Waals surface area (Å²) in [5.41, 5.74) is 0.765. The van der Waals surface area contributed by atoms with Crippen molar-refractivity contribution >= 4 is 46.5 Å². The van der Waals surface area contributed by atoms with E-state index < -0.39 is 29.7 Å². The minimum atomic E-state index is -4.50. The summed E-state index contributed by atoms with van der Waals surface area (Å²) < 4.78 is 51.6. The summed E-state index contributed by atoms with van der Waals surface area (Å²) in [6, 6.07) is 13.0. The lowest BCUT2D eigenvalue weighted by atomic mass is 10.0. The van der Waals surface area contributed by atoms with Crippen LogP contribution in [0.15, 0.2) is 60.7 Å². The number of ether oxygens (including phenoxy) is 2. The van der Waals surface area contributed by atoms with Crippen LogP contribution in [-0.2, 0) is 17.5 Å². The van der Waals surface area contributed by atoms with Gasteiger partial charge in [-0.1, -0.05) is 36.2 Å². The van der Waals surface area contributed by atoms with E-state index in [9.17, 15) is 27.9 Å². The minimum Gasteiger partial charge on any atom is -0.490 e. The molecule has 0 fully saturated rings. The SMILES string of the molecule is C[C@@H]1CN([C@H](C)CO)C(=O)c2cc(NC(=O)Nc3ccc(C(F)(F)F)cc3)ccc2O[C@@H](C)CCCCO[C@@H]1CN(C)Cc1ccc(Cl)c(Cl)c1. The van der Waals surface area contributed by atoms with E-state index in [2.05, 4.69) is 15.5 Å². The van der Waals surface area contributed by atoms with E-state index in [1.807, 2.05) is 33.0 Å². The summed E-state index contributed by atoms with van der Waals surface area (Å²) in [5, 5.41) is 16.4. The molecule has 0 aromatic heterocycles. The topological polar surface area (TPSA) is 103 Å². The normalized spacial score (nSPS) is 19.9. The van der Waals surface area contributed by atoms with Crippen molar-refractivity contribution in [2.24, 2.45) is 5.92 Å². The molecular formula is C37H45Cl2F3N4O5. The van der Waals surface area contributed by atoms with Crippen LogP contribution in [0.1, 0.15) is 61.5 Å². The molecule has 1 aliphatic rings. The summed E-state index contributed by atoms with van der Waals surface area (Å²) in [6.45, 7) is 7.35. The minimum absolute atomic E-state index is 0.152. The third-order valence-corrected chi connectivity index (χ3v) is 9.45. The number of urea groups is 1. The molecule has 0 spiro atoms. The zero-order chi connectivity index (χ0) is 37.3. The number of halogens is 5. The number of aliphatic hydroxyl groups is 1. The molecule has 0 unspecified atom stereocenters. The van der Waals surface area contributed by atoms with Gasteiger partial charge >= 0.3 is 12.2 Å². The van der Waals surface area contributed by atoms with Crippen molar-refractivity contribution in [3.8, 4) is 5.75 Å². The van der Waals surface area contributed by atoms with Gasteiger partial charge in [0.15, 0.2) is 0 Å². The van der Waals surface area contributed by atoms with Gasteiger partial charge < -0.3 is 30.1 Å². The van der Waals surface area contributed by atoms with Crippen LogP contribution in [0.4, 0.5) is 29.3 Å². The van der Waals surface area contributed by atoms with Crippen molar-refractivity contribution in [1.82, 2.24) is 9.80 Å². The van der Waals surface area contributed by atoms with E-state index in [0.29, 0.717) is 41.9 Å². The molecule has 3 N–H and O–H groups in total. The number of benzene rings is 3. The number of nitrogens with zero attached hydrogens (tertiary/aromatic N) is 2. The first-order chi connectivity index (χ1) is 24.1. The van der Waals surface area contributed by atoms with E-state index in [1.54, 1.807) is 30.0 Å². The lowest BCUT2D eigenvalue weighted by molar-refractivity contribution is -0.137. The number of alkyl halides is 3. The summed E-state index contributed by atoms with van der Waals surface area (Å²) in [5.74, 6) is -0.228. The van der Waals surface area contributed by atoms with Crippen molar-refractivity contribution in [1.29, 1.82) is 0 Å². The summed E-state index contributed by atoms with van der Waals surface area (Å²) in [4.78, 5) is 30.9. The van der Waals surface area contributed by atoms with Gasteiger partial charge in [0.25, 0.3) is 5.91 Å². The Kier molecular flexibility index (Phi) is 14.4. The molecule has 0 aliphatic carbocycles. The highest BCUT2D eigenvalue weighted by Crippen LogP contribution is 2.31. The fourth-order valence-corrected chi connectivity index (χ4v) is 6.14.